The molecule has 0 radical (unpaired) electrons. The second kappa shape index (κ2) is 5.23. The minimum Gasteiger partial charge on any atom is -0.462 e. The van der Waals surface area contributed by atoms with Crippen molar-refractivity contribution in [2.75, 3.05) is 6.61 Å². The van der Waals surface area contributed by atoms with Gasteiger partial charge in [-0.15, -0.1) is 0 Å². The van der Waals surface area contributed by atoms with Crippen molar-refractivity contribution in [3.63, 3.8) is 0 Å². The lowest BCUT2D eigenvalue weighted by molar-refractivity contribution is -0.138. The molecule has 0 rings (SSSR count). The van der Waals surface area contributed by atoms with Crippen molar-refractivity contribution in [3.05, 3.63) is 12.2 Å². The number of carbonyl (C=O) groups is 1. The SMILES string of the molecule is [3H][Si]([3H])([3H])CCCOC(=O)C(=C)C. The molecule has 58 valence electrons. The summed E-state index contributed by atoms with van der Waals surface area (Å²) < 4.78 is 25.8. The van der Waals surface area contributed by atoms with Crippen LogP contribution in [0.15, 0.2) is 12.2 Å². The van der Waals surface area contributed by atoms with Crippen molar-refractivity contribution in [1.29, 1.82) is 3.70 Å². The number of hydrogen-bond acceptors (Lipinski definition) is 2. The summed E-state index contributed by atoms with van der Waals surface area (Å²) in [6.45, 7) is 5.14. The molecule has 0 aromatic heterocycles. The van der Waals surface area contributed by atoms with Crippen molar-refractivity contribution < 1.29 is 9.53 Å². The average Bonchev–Trinajstić information content (AvgIpc) is 1.95. The minimum atomic E-state index is -3.22. The Morgan fingerprint density at radius 1 is 1.90 bits per heavy atom. The molecule has 0 aliphatic heterocycles. The van der Waals surface area contributed by atoms with E-state index < -0.39 is 16.0 Å². The van der Waals surface area contributed by atoms with Crippen LogP contribution < -0.4 is 0 Å². The summed E-state index contributed by atoms with van der Waals surface area (Å²) in [5, 5.41) is 0. The van der Waals surface area contributed by atoms with E-state index in [0.717, 1.165) is 0 Å². The van der Waals surface area contributed by atoms with Gasteiger partial charge in [-0.1, -0.05) is 12.6 Å². The first-order valence-electron chi connectivity index (χ1n) is 4.65. The molecule has 0 bridgehead atoms. The maximum absolute atomic E-state index is 10.8. The van der Waals surface area contributed by atoms with Gasteiger partial charge in [0.1, 0.15) is 0 Å². The smallest absolute Gasteiger partial charge is 0.333 e. The Labute approximate surface area is 68.4 Å². The predicted octanol–water partition coefficient (Wildman–Crippen LogP) is 0.279. The predicted molar refractivity (Wildman–Crippen MR) is 45.1 cm³/mol. The summed E-state index contributed by atoms with van der Waals surface area (Å²) in [6, 6.07) is 0.205. The van der Waals surface area contributed by atoms with Gasteiger partial charge in [0.05, 0.1) is 6.61 Å². The first kappa shape index (κ1) is 5.13. The fourth-order valence-electron chi connectivity index (χ4n) is 0.360. The van der Waals surface area contributed by atoms with Gasteiger partial charge in [0, 0.05) is 19.3 Å². The van der Waals surface area contributed by atoms with E-state index in [9.17, 15) is 4.79 Å². The second-order valence-corrected chi connectivity index (χ2v) is 2.52. The first-order chi connectivity index (χ1) is 5.83. The maximum Gasteiger partial charge on any atom is 0.333 e. The molecule has 0 atom stereocenters. The normalized spacial score (nSPS) is 14.7. The number of ether oxygens (including phenoxy) is 1. The van der Waals surface area contributed by atoms with Crippen molar-refractivity contribution in [3.8, 4) is 0 Å². The van der Waals surface area contributed by atoms with Gasteiger partial charge in [-0.25, -0.2) is 4.79 Å². The van der Waals surface area contributed by atoms with Crippen LogP contribution in [0.5, 0.6) is 0 Å². The Bertz CT molecular complexity index is 200. The van der Waals surface area contributed by atoms with Gasteiger partial charge in [0.2, 0.25) is 0 Å². The van der Waals surface area contributed by atoms with Gasteiger partial charge in [0.25, 0.3) is 0 Å². The van der Waals surface area contributed by atoms with Crippen LogP contribution >= 0.6 is 0 Å². The monoisotopic (exact) mass is 164 g/mol. The number of esters is 1. The summed E-state index contributed by atoms with van der Waals surface area (Å²) in [5.74, 6) is -0.452. The van der Waals surface area contributed by atoms with Gasteiger partial charge < -0.3 is 4.74 Å². The third-order valence-electron chi connectivity index (χ3n) is 0.903. The highest BCUT2D eigenvalue weighted by molar-refractivity contribution is 6.08. The van der Waals surface area contributed by atoms with Crippen LogP contribution in [0, 0.1) is 0 Å². The van der Waals surface area contributed by atoms with E-state index in [-0.39, 0.29) is 12.7 Å². The highest BCUT2D eigenvalue weighted by Gasteiger charge is 2.00. The van der Waals surface area contributed by atoms with Gasteiger partial charge in [-0.3, -0.25) is 0 Å². The molecule has 0 heterocycles. The number of carbonyl (C=O) groups excluding carboxylic acids is 1. The van der Waals surface area contributed by atoms with Gasteiger partial charge in [0.15, 0.2) is 0 Å². The lowest BCUT2D eigenvalue weighted by atomic mass is 10.4. The number of hydrogen-bond donors (Lipinski definition) is 0. The fourth-order valence-corrected chi connectivity index (χ4v) is 0.505. The van der Waals surface area contributed by atoms with Gasteiger partial charge in [-0.2, -0.15) is 0 Å². The van der Waals surface area contributed by atoms with E-state index in [1.54, 1.807) is 6.92 Å². The highest BCUT2D eigenvalue weighted by Crippen LogP contribution is 1.93. The molecular weight excluding hydrogens is 144 g/mol. The summed E-state index contributed by atoms with van der Waals surface area (Å²) in [4.78, 5) is 10.8. The Morgan fingerprint density at radius 2 is 2.60 bits per heavy atom. The Hall–Kier alpha value is -0.573. The van der Waals surface area contributed by atoms with Crippen LogP contribution in [0.2, 0.25) is 6.04 Å². The lowest BCUT2D eigenvalue weighted by Crippen LogP contribution is -2.05. The molecular formula is C7H14O2Si. The molecule has 0 saturated carbocycles. The zero-order chi connectivity index (χ0) is 10.5. The molecule has 10 heavy (non-hydrogen) atoms. The van der Waals surface area contributed by atoms with E-state index >= 15 is 0 Å². The Morgan fingerprint density at radius 3 is 3.10 bits per heavy atom. The summed E-state index contributed by atoms with van der Waals surface area (Å²) in [7, 11) is -3.22. The van der Waals surface area contributed by atoms with E-state index in [4.69, 9.17) is 8.44 Å². The van der Waals surface area contributed by atoms with E-state index in [1.807, 2.05) is 0 Å². The van der Waals surface area contributed by atoms with Crippen molar-refractivity contribution in [2.24, 2.45) is 0 Å². The third-order valence-corrected chi connectivity index (χ3v) is 1.26. The summed E-state index contributed by atoms with van der Waals surface area (Å²) in [5.41, 5.74) is 0.339. The van der Waals surface area contributed by atoms with E-state index in [0.29, 0.717) is 12.0 Å². The zero-order valence-corrected chi connectivity index (χ0v) is 7.14. The van der Waals surface area contributed by atoms with Crippen LogP contribution in [-0.4, -0.2) is 26.3 Å². The van der Waals surface area contributed by atoms with E-state index in [2.05, 4.69) is 6.58 Å². The largest absolute Gasteiger partial charge is 0.462 e. The summed E-state index contributed by atoms with van der Waals surface area (Å²) >= 11 is 0. The topological polar surface area (TPSA) is 26.3 Å². The maximum atomic E-state index is 10.8. The molecule has 0 N–H and O–H groups in total. The molecule has 0 spiro atoms. The summed E-state index contributed by atoms with van der Waals surface area (Å²) in [6.07, 6.45) is 0.418. The molecule has 0 saturated heterocycles. The molecule has 0 fully saturated rings. The van der Waals surface area contributed by atoms with E-state index in [1.165, 1.54) is 0 Å². The van der Waals surface area contributed by atoms with Crippen LogP contribution in [0.25, 0.3) is 0 Å². The van der Waals surface area contributed by atoms with Crippen LogP contribution in [0.4, 0.5) is 0 Å². The molecule has 0 aromatic carbocycles. The molecule has 2 nitrogen and oxygen atoms in total. The van der Waals surface area contributed by atoms with Gasteiger partial charge in [-0.05, 0) is 13.3 Å². The van der Waals surface area contributed by atoms with Crippen molar-refractivity contribution in [2.45, 2.75) is 19.4 Å². The zero-order valence-electron chi connectivity index (χ0n) is 9.14. The van der Waals surface area contributed by atoms with Crippen LogP contribution in [-0.2, 0) is 9.53 Å². The Kier molecular flexibility index (Phi) is 2.68. The molecule has 0 aromatic rings. The quantitative estimate of drug-likeness (QED) is 0.252. The highest BCUT2D eigenvalue weighted by atomic mass is 28.1. The van der Waals surface area contributed by atoms with Crippen LogP contribution in [0.1, 0.15) is 13.3 Å². The fraction of sp³-hybridized carbons (Fsp3) is 0.571. The third kappa shape index (κ3) is 4.32. The molecule has 0 unspecified atom stereocenters. The standard InChI is InChI=1S/C7H14O2Si/c1-6(2)7(8)9-4-3-5-10/h1,3-5H2,2,10H3/i10T3. The average molecular weight is 164 g/mol. The number of rotatable bonds is 5. The van der Waals surface area contributed by atoms with Gasteiger partial charge >= 0.3 is 5.97 Å². The molecule has 0 amide bonds. The minimum absolute atomic E-state index is 0.178. The van der Waals surface area contributed by atoms with Crippen molar-refractivity contribution in [1.82, 2.24) is 0 Å². The Balaban J connectivity index is 3.47. The van der Waals surface area contributed by atoms with Crippen LogP contribution in [0.3, 0.4) is 0 Å². The lowest BCUT2D eigenvalue weighted by Gasteiger charge is -2.01. The van der Waals surface area contributed by atoms with Crippen molar-refractivity contribution >= 4 is 16.0 Å². The molecule has 0 aliphatic rings. The first-order valence-corrected chi connectivity index (χ1v) is 3.86. The molecule has 0 aliphatic carbocycles. The second-order valence-electron chi connectivity index (χ2n) is 2.02. The molecule has 3 heteroatoms.